The third-order valence-electron chi connectivity index (χ3n) is 3.20. The summed E-state index contributed by atoms with van der Waals surface area (Å²) in [6, 6.07) is 15.0. The van der Waals surface area contributed by atoms with Gasteiger partial charge in [-0.1, -0.05) is 49.7 Å². The Kier molecular flexibility index (Phi) is 5.52. The van der Waals surface area contributed by atoms with E-state index in [0.717, 1.165) is 18.4 Å². The maximum atomic E-state index is 12.7. The molecule has 3 nitrogen and oxygen atoms in total. The monoisotopic (exact) mass is 284 g/mol. The van der Waals surface area contributed by atoms with E-state index in [9.17, 15) is 4.79 Å². The highest BCUT2D eigenvalue weighted by Crippen LogP contribution is 2.24. The fraction of sp³-hybridized carbons (Fsp3) is 0.278. The molecular weight excluding hydrogens is 264 g/mol. The molecular formula is C18H20O3. The predicted molar refractivity (Wildman–Crippen MR) is 82.8 cm³/mol. The Hall–Kier alpha value is -2.13. The van der Waals surface area contributed by atoms with Crippen molar-refractivity contribution in [2.45, 2.75) is 19.8 Å². The zero-order chi connectivity index (χ0) is 15.1. The first-order chi connectivity index (χ1) is 10.3. The molecule has 0 saturated heterocycles. The molecule has 0 atom stereocenters. The summed E-state index contributed by atoms with van der Waals surface area (Å²) >= 11 is 0. The van der Waals surface area contributed by atoms with Crippen LogP contribution in [0.4, 0.5) is 0 Å². The molecule has 2 aromatic rings. The van der Waals surface area contributed by atoms with Crippen molar-refractivity contribution < 1.29 is 14.3 Å². The summed E-state index contributed by atoms with van der Waals surface area (Å²) in [6.45, 7) is 2.25. The molecule has 2 rings (SSSR count). The summed E-state index contributed by atoms with van der Waals surface area (Å²) in [6.07, 6.45) is 1.98. The zero-order valence-corrected chi connectivity index (χ0v) is 12.5. The molecule has 0 unspecified atom stereocenters. The fourth-order valence-corrected chi connectivity index (χ4v) is 2.19. The summed E-state index contributed by atoms with van der Waals surface area (Å²) in [4.78, 5) is 12.7. The first kappa shape index (κ1) is 15.3. The molecule has 0 bridgehead atoms. The minimum atomic E-state index is -0.0281. The summed E-state index contributed by atoms with van der Waals surface area (Å²) < 4.78 is 10.4. The van der Waals surface area contributed by atoms with Crippen LogP contribution in [0.1, 0.15) is 34.8 Å². The molecule has 0 N–H and O–H groups in total. The van der Waals surface area contributed by atoms with E-state index in [1.807, 2.05) is 48.5 Å². The molecule has 110 valence electrons. The van der Waals surface area contributed by atoms with Crippen LogP contribution in [0, 0.1) is 0 Å². The Labute approximate surface area is 125 Å². The number of hydrogen-bond acceptors (Lipinski definition) is 3. The molecule has 0 spiro atoms. The second kappa shape index (κ2) is 7.60. The Balaban J connectivity index is 2.37. The van der Waals surface area contributed by atoms with Crippen LogP contribution in [0.5, 0.6) is 5.75 Å². The molecule has 0 amide bonds. The van der Waals surface area contributed by atoms with Crippen molar-refractivity contribution in [3.63, 3.8) is 0 Å². The zero-order valence-electron chi connectivity index (χ0n) is 12.5. The van der Waals surface area contributed by atoms with Gasteiger partial charge in [-0.15, -0.1) is 0 Å². The van der Waals surface area contributed by atoms with Crippen molar-refractivity contribution in [3.05, 3.63) is 65.2 Å². The van der Waals surface area contributed by atoms with Crippen LogP contribution in [-0.4, -0.2) is 19.7 Å². The molecule has 2 aromatic carbocycles. The Morgan fingerprint density at radius 1 is 1.10 bits per heavy atom. The molecule has 21 heavy (non-hydrogen) atoms. The average Bonchev–Trinajstić information content (AvgIpc) is 2.54. The van der Waals surface area contributed by atoms with Crippen LogP contribution < -0.4 is 4.74 Å². The largest absolute Gasteiger partial charge is 0.467 e. The summed E-state index contributed by atoms with van der Waals surface area (Å²) in [5.41, 5.74) is 2.39. The molecule has 0 aromatic heterocycles. The smallest absolute Gasteiger partial charge is 0.196 e. The molecule has 0 saturated carbocycles. The van der Waals surface area contributed by atoms with Gasteiger partial charge in [0.05, 0.1) is 5.56 Å². The first-order valence-corrected chi connectivity index (χ1v) is 7.10. The molecule has 0 aliphatic heterocycles. The van der Waals surface area contributed by atoms with Crippen LogP contribution in [-0.2, 0) is 11.2 Å². The van der Waals surface area contributed by atoms with E-state index in [1.54, 1.807) is 7.11 Å². The summed E-state index contributed by atoms with van der Waals surface area (Å²) in [5.74, 6) is 0.533. The van der Waals surface area contributed by atoms with Crippen molar-refractivity contribution in [2.75, 3.05) is 13.9 Å². The van der Waals surface area contributed by atoms with Gasteiger partial charge in [-0.2, -0.15) is 0 Å². The third kappa shape index (κ3) is 3.92. The van der Waals surface area contributed by atoms with Gasteiger partial charge in [-0.25, -0.2) is 0 Å². The van der Waals surface area contributed by atoms with Gasteiger partial charge in [0.2, 0.25) is 0 Å². The third-order valence-corrected chi connectivity index (χ3v) is 3.20. The number of hydrogen-bond donors (Lipinski definition) is 0. The van der Waals surface area contributed by atoms with Crippen LogP contribution in [0.15, 0.2) is 48.5 Å². The Bertz CT molecular complexity index is 591. The van der Waals surface area contributed by atoms with E-state index in [4.69, 9.17) is 9.47 Å². The van der Waals surface area contributed by atoms with E-state index < -0.39 is 0 Å². The van der Waals surface area contributed by atoms with E-state index >= 15 is 0 Å². The molecule has 0 fully saturated rings. The summed E-state index contributed by atoms with van der Waals surface area (Å²) in [7, 11) is 1.56. The van der Waals surface area contributed by atoms with Crippen LogP contribution in [0.25, 0.3) is 0 Å². The SMILES string of the molecule is CCCc1ccc(OCOC)c(C(=O)c2ccccc2)c1. The van der Waals surface area contributed by atoms with Crippen molar-refractivity contribution in [3.8, 4) is 5.75 Å². The van der Waals surface area contributed by atoms with Gasteiger partial charge in [0.15, 0.2) is 12.6 Å². The maximum Gasteiger partial charge on any atom is 0.196 e. The van der Waals surface area contributed by atoms with Crippen molar-refractivity contribution in [1.29, 1.82) is 0 Å². The standard InChI is InChI=1S/C18H20O3/c1-3-7-14-10-11-17(21-13-20-2)16(12-14)18(19)15-8-5-4-6-9-15/h4-6,8-12H,3,7,13H2,1-2H3. The number of benzene rings is 2. The lowest BCUT2D eigenvalue weighted by molar-refractivity contribution is 0.0503. The number of carbonyl (C=O) groups excluding carboxylic acids is 1. The van der Waals surface area contributed by atoms with Crippen molar-refractivity contribution in [2.24, 2.45) is 0 Å². The van der Waals surface area contributed by atoms with Gasteiger partial charge in [-0.05, 0) is 24.1 Å². The van der Waals surface area contributed by atoms with E-state index in [-0.39, 0.29) is 12.6 Å². The van der Waals surface area contributed by atoms with Gasteiger partial charge in [0.1, 0.15) is 5.75 Å². The van der Waals surface area contributed by atoms with E-state index in [1.165, 1.54) is 0 Å². The lowest BCUT2D eigenvalue weighted by atomic mass is 9.99. The van der Waals surface area contributed by atoms with Gasteiger partial charge in [-0.3, -0.25) is 4.79 Å². The number of ether oxygens (including phenoxy) is 2. The number of rotatable bonds is 7. The van der Waals surface area contributed by atoms with Crippen LogP contribution in [0.3, 0.4) is 0 Å². The van der Waals surface area contributed by atoms with Crippen molar-refractivity contribution in [1.82, 2.24) is 0 Å². The summed E-state index contributed by atoms with van der Waals surface area (Å²) in [5, 5.41) is 0. The quantitative estimate of drug-likeness (QED) is 0.572. The molecule has 0 radical (unpaired) electrons. The highest BCUT2D eigenvalue weighted by atomic mass is 16.7. The Morgan fingerprint density at radius 2 is 1.86 bits per heavy atom. The fourth-order valence-electron chi connectivity index (χ4n) is 2.19. The predicted octanol–water partition coefficient (Wildman–Crippen LogP) is 3.85. The lowest BCUT2D eigenvalue weighted by Gasteiger charge is -2.12. The lowest BCUT2D eigenvalue weighted by Crippen LogP contribution is -2.08. The minimum Gasteiger partial charge on any atom is -0.467 e. The molecule has 0 aliphatic carbocycles. The molecule has 3 heteroatoms. The normalized spacial score (nSPS) is 10.4. The van der Waals surface area contributed by atoms with Crippen LogP contribution >= 0.6 is 0 Å². The van der Waals surface area contributed by atoms with Gasteiger partial charge in [0.25, 0.3) is 0 Å². The maximum absolute atomic E-state index is 12.7. The average molecular weight is 284 g/mol. The number of aryl methyl sites for hydroxylation is 1. The highest BCUT2D eigenvalue weighted by Gasteiger charge is 2.15. The van der Waals surface area contributed by atoms with Crippen LogP contribution in [0.2, 0.25) is 0 Å². The second-order valence-electron chi connectivity index (χ2n) is 4.83. The molecule has 0 aliphatic rings. The number of carbonyl (C=O) groups is 1. The number of methoxy groups -OCH3 is 1. The topological polar surface area (TPSA) is 35.5 Å². The highest BCUT2D eigenvalue weighted by molar-refractivity contribution is 6.10. The van der Waals surface area contributed by atoms with Crippen molar-refractivity contribution >= 4 is 5.78 Å². The Morgan fingerprint density at radius 3 is 2.52 bits per heavy atom. The number of ketones is 1. The molecule has 0 heterocycles. The van der Waals surface area contributed by atoms with Gasteiger partial charge in [0, 0.05) is 12.7 Å². The van der Waals surface area contributed by atoms with E-state index in [0.29, 0.717) is 16.9 Å². The first-order valence-electron chi connectivity index (χ1n) is 7.10. The van der Waals surface area contributed by atoms with Gasteiger partial charge < -0.3 is 9.47 Å². The minimum absolute atomic E-state index is 0.0281. The van der Waals surface area contributed by atoms with Gasteiger partial charge >= 0.3 is 0 Å². The van der Waals surface area contributed by atoms with E-state index in [2.05, 4.69) is 6.92 Å². The second-order valence-corrected chi connectivity index (χ2v) is 4.83.